The van der Waals surface area contributed by atoms with Crippen LogP contribution in [0.1, 0.15) is 37.6 Å². The Morgan fingerprint density at radius 2 is 1.94 bits per heavy atom. The summed E-state index contributed by atoms with van der Waals surface area (Å²) in [5.41, 5.74) is 2.05. The van der Waals surface area contributed by atoms with E-state index in [0.717, 1.165) is 24.2 Å². The van der Waals surface area contributed by atoms with Crippen LogP contribution in [0.2, 0.25) is 0 Å². The van der Waals surface area contributed by atoms with E-state index in [0.29, 0.717) is 5.41 Å². The van der Waals surface area contributed by atoms with Gasteiger partial charge < -0.3 is 10.2 Å². The summed E-state index contributed by atoms with van der Waals surface area (Å²) in [5, 5.41) is 3.36. The Hall–Kier alpha value is -1.51. The second kappa shape index (κ2) is 5.89. The lowest BCUT2D eigenvalue weighted by atomic mass is 9.92. The van der Waals surface area contributed by atoms with Gasteiger partial charge in [-0.1, -0.05) is 26.8 Å². The normalized spacial score (nSPS) is 11.2. The van der Waals surface area contributed by atoms with Crippen molar-refractivity contribution in [2.45, 2.75) is 27.2 Å². The van der Waals surface area contributed by atoms with Crippen LogP contribution in [0, 0.1) is 5.41 Å². The van der Waals surface area contributed by atoms with Crippen molar-refractivity contribution in [3.8, 4) is 0 Å². The molecule has 0 bridgehead atoms. The van der Waals surface area contributed by atoms with Crippen molar-refractivity contribution in [1.29, 1.82) is 0 Å². The molecule has 1 amide bonds. The minimum absolute atomic E-state index is 0.0365. The van der Waals surface area contributed by atoms with Crippen molar-refractivity contribution in [2.24, 2.45) is 5.41 Å². The maximum absolute atomic E-state index is 11.8. The van der Waals surface area contributed by atoms with Crippen molar-refractivity contribution < 1.29 is 4.79 Å². The summed E-state index contributed by atoms with van der Waals surface area (Å²) < 4.78 is 0. The highest BCUT2D eigenvalue weighted by atomic mass is 16.2. The van der Waals surface area contributed by atoms with Gasteiger partial charge in [0.05, 0.1) is 0 Å². The molecule has 100 valence electrons. The minimum atomic E-state index is 0.0365. The molecular formula is C15H24N2O. The molecule has 0 aromatic heterocycles. The summed E-state index contributed by atoms with van der Waals surface area (Å²) in [6.07, 6.45) is 1.10. The summed E-state index contributed by atoms with van der Waals surface area (Å²) in [6, 6.07) is 7.66. The Morgan fingerprint density at radius 3 is 2.50 bits per heavy atom. The van der Waals surface area contributed by atoms with Gasteiger partial charge >= 0.3 is 0 Å². The van der Waals surface area contributed by atoms with Gasteiger partial charge in [0, 0.05) is 31.9 Å². The largest absolute Gasteiger partial charge is 0.385 e. The topological polar surface area (TPSA) is 32.3 Å². The van der Waals surface area contributed by atoms with Crippen LogP contribution in [0.3, 0.4) is 0 Å². The molecule has 0 aliphatic heterocycles. The lowest BCUT2D eigenvalue weighted by Gasteiger charge is -2.19. The van der Waals surface area contributed by atoms with Crippen molar-refractivity contribution in [3.05, 3.63) is 29.8 Å². The zero-order valence-electron chi connectivity index (χ0n) is 12.1. The average Bonchev–Trinajstić information content (AvgIpc) is 2.26. The van der Waals surface area contributed by atoms with Crippen LogP contribution in [0.15, 0.2) is 24.3 Å². The summed E-state index contributed by atoms with van der Waals surface area (Å²) in [6.45, 7) is 7.59. The quantitative estimate of drug-likeness (QED) is 0.887. The third-order valence-corrected chi connectivity index (χ3v) is 2.72. The van der Waals surface area contributed by atoms with Gasteiger partial charge in [-0.25, -0.2) is 0 Å². The number of carbonyl (C=O) groups is 1. The van der Waals surface area contributed by atoms with Crippen molar-refractivity contribution in [2.75, 3.05) is 26.0 Å². The fourth-order valence-electron chi connectivity index (χ4n) is 1.60. The van der Waals surface area contributed by atoms with Gasteiger partial charge in [-0.15, -0.1) is 0 Å². The van der Waals surface area contributed by atoms with E-state index in [1.165, 1.54) is 0 Å². The standard InChI is InChI=1S/C15H24N2O/c1-15(2,3)9-10-16-13-8-6-7-12(11-13)14(18)17(4)5/h6-8,11,16H,9-10H2,1-5H3. The van der Waals surface area contributed by atoms with Gasteiger partial charge in [0.1, 0.15) is 0 Å². The third kappa shape index (κ3) is 4.78. The molecule has 0 unspecified atom stereocenters. The van der Waals surface area contributed by atoms with Gasteiger partial charge in [0.2, 0.25) is 0 Å². The molecule has 0 saturated heterocycles. The minimum Gasteiger partial charge on any atom is -0.385 e. The van der Waals surface area contributed by atoms with Gasteiger partial charge in [0.25, 0.3) is 5.91 Å². The monoisotopic (exact) mass is 248 g/mol. The maximum Gasteiger partial charge on any atom is 0.253 e. The highest BCUT2D eigenvalue weighted by Crippen LogP contribution is 2.19. The Bertz CT molecular complexity index is 405. The summed E-state index contributed by atoms with van der Waals surface area (Å²) in [5.74, 6) is 0.0365. The van der Waals surface area contributed by atoms with E-state index in [1.54, 1.807) is 19.0 Å². The Balaban J connectivity index is 2.63. The molecule has 0 heterocycles. The lowest BCUT2D eigenvalue weighted by molar-refractivity contribution is 0.0827. The second-order valence-electron chi connectivity index (χ2n) is 6.02. The molecule has 0 atom stereocenters. The van der Waals surface area contributed by atoms with E-state index >= 15 is 0 Å². The number of benzene rings is 1. The van der Waals surface area contributed by atoms with Crippen LogP contribution in [0.25, 0.3) is 0 Å². The number of anilines is 1. The van der Waals surface area contributed by atoms with Crippen LogP contribution in [-0.4, -0.2) is 31.4 Å². The van der Waals surface area contributed by atoms with Crippen LogP contribution >= 0.6 is 0 Å². The molecule has 18 heavy (non-hydrogen) atoms. The van der Waals surface area contributed by atoms with Crippen LogP contribution in [0.4, 0.5) is 5.69 Å². The highest BCUT2D eigenvalue weighted by Gasteiger charge is 2.10. The van der Waals surface area contributed by atoms with E-state index in [4.69, 9.17) is 0 Å². The van der Waals surface area contributed by atoms with Crippen molar-refractivity contribution >= 4 is 11.6 Å². The van der Waals surface area contributed by atoms with Crippen molar-refractivity contribution in [1.82, 2.24) is 4.90 Å². The van der Waals surface area contributed by atoms with E-state index in [1.807, 2.05) is 24.3 Å². The zero-order valence-corrected chi connectivity index (χ0v) is 12.1. The molecule has 0 fully saturated rings. The van der Waals surface area contributed by atoms with Crippen molar-refractivity contribution in [3.63, 3.8) is 0 Å². The molecule has 1 aromatic rings. The van der Waals surface area contributed by atoms with E-state index in [-0.39, 0.29) is 5.91 Å². The average molecular weight is 248 g/mol. The van der Waals surface area contributed by atoms with Gasteiger partial charge in [-0.2, -0.15) is 0 Å². The third-order valence-electron chi connectivity index (χ3n) is 2.72. The summed E-state index contributed by atoms with van der Waals surface area (Å²) in [4.78, 5) is 13.4. The molecule has 0 radical (unpaired) electrons. The fourth-order valence-corrected chi connectivity index (χ4v) is 1.60. The van der Waals surface area contributed by atoms with Gasteiger partial charge in [-0.3, -0.25) is 4.79 Å². The second-order valence-corrected chi connectivity index (χ2v) is 6.02. The molecule has 1 N–H and O–H groups in total. The molecular weight excluding hydrogens is 224 g/mol. The molecule has 0 aliphatic rings. The molecule has 3 heteroatoms. The maximum atomic E-state index is 11.8. The lowest BCUT2D eigenvalue weighted by Crippen LogP contribution is -2.21. The molecule has 1 aromatic carbocycles. The molecule has 3 nitrogen and oxygen atoms in total. The Labute approximate surface area is 110 Å². The molecule has 1 rings (SSSR count). The molecule has 0 saturated carbocycles. The summed E-state index contributed by atoms with van der Waals surface area (Å²) in [7, 11) is 3.53. The summed E-state index contributed by atoms with van der Waals surface area (Å²) >= 11 is 0. The first-order valence-electron chi connectivity index (χ1n) is 6.35. The van der Waals surface area contributed by atoms with Gasteiger partial charge in [0.15, 0.2) is 0 Å². The van der Waals surface area contributed by atoms with Crippen LogP contribution < -0.4 is 5.32 Å². The van der Waals surface area contributed by atoms with E-state index < -0.39 is 0 Å². The number of amides is 1. The number of nitrogens with zero attached hydrogens (tertiary/aromatic N) is 1. The van der Waals surface area contributed by atoms with Gasteiger partial charge in [-0.05, 0) is 30.0 Å². The number of carbonyl (C=O) groups excluding carboxylic acids is 1. The smallest absolute Gasteiger partial charge is 0.253 e. The van der Waals surface area contributed by atoms with E-state index in [9.17, 15) is 4.79 Å². The SMILES string of the molecule is CN(C)C(=O)c1cccc(NCCC(C)(C)C)c1. The van der Waals surface area contributed by atoms with Crippen LogP contribution in [-0.2, 0) is 0 Å². The Morgan fingerprint density at radius 1 is 1.28 bits per heavy atom. The highest BCUT2D eigenvalue weighted by molar-refractivity contribution is 5.94. The zero-order chi connectivity index (χ0) is 13.8. The number of nitrogens with one attached hydrogen (secondary N) is 1. The fraction of sp³-hybridized carbons (Fsp3) is 0.533. The first-order valence-corrected chi connectivity index (χ1v) is 6.35. The molecule has 0 aliphatic carbocycles. The Kier molecular flexibility index (Phi) is 4.76. The first-order chi connectivity index (χ1) is 8.29. The van der Waals surface area contributed by atoms with E-state index in [2.05, 4.69) is 26.1 Å². The number of hydrogen-bond acceptors (Lipinski definition) is 2. The van der Waals surface area contributed by atoms with Crippen LogP contribution in [0.5, 0.6) is 0 Å². The number of hydrogen-bond donors (Lipinski definition) is 1. The first kappa shape index (κ1) is 14.6. The molecule has 0 spiro atoms. The predicted molar refractivity (Wildman–Crippen MR) is 77.0 cm³/mol. The predicted octanol–water partition coefficient (Wildman–Crippen LogP) is 3.24. The number of rotatable bonds is 4.